The average molecular weight is 433 g/mol. The van der Waals surface area contributed by atoms with Crippen molar-refractivity contribution in [3.63, 3.8) is 0 Å². The second-order valence-electron chi connectivity index (χ2n) is 6.88. The molecule has 0 spiro atoms. The molecule has 6 heteroatoms. The van der Waals surface area contributed by atoms with Crippen molar-refractivity contribution in [2.24, 2.45) is 0 Å². The quantitative estimate of drug-likeness (QED) is 0.394. The molecule has 0 unspecified atom stereocenters. The van der Waals surface area contributed by atoms with E-state index in [1.165, 1.54) is 0 Å². The number of carbonyl (C=O) groups excluding carboxylic acids is 2. The molecule has 0 aliphatic rings. The van der Waals surface area contributed by atoms with Crippen molar-refractivity contribution in [3.05, 3.63) is 65.2 Å². The summed E-state index contributed by atoms with van der Waals surface area (Å²) < 4.78 is 0. The van der Waals surface area contributed by atoms with Crippen molar-refractivity contribution < 1.29 is 9.59 Å². The fourth-order valence-corrected chi connectivity index (χ4v) is 3.81. The van der Waals surface area contributed by atoms with E-state index in [2.05, 4.69) is 12.2 Å². The number of carbonyl (C=O) groups is 2. The van der Waals surface area contributed by atoms with Gasteiger partial charge in [0.15, 0.2) is 0 Å². The van der Waals surface area contributed by atoms with Crippen LogP contribution in [-0.4, -0.2) is 35.1 Å². The van der Waals surface area contributed by atoms with Crippen LogP contribution in [-0.2, 0) is 16.1 Å². The van der Waals surface area contributed by atoms with Gasteiger partial charge in [0, 0.05) is 35.2 Å². The zero-order valence-electron chi connectivity index (χ0n) is 17.1. The summed E-state index contributed by atoms with van der Waals surface area (Å²) in [5, 5.41) is 3.59. The summed E-state index contributed by atoms with van der Waals surface area (Å²) >= 11 is 7.62. The Balaban J connectivity index is 2.02. The van der Waals surface area contributed by atoms with Gasteiger partial charge >= 0.3 is 0 Å². The molecule has 0 bridgehead atoms. The first kappa shape index (κ1) is 23.3. The van der Waals surface area contributed by atoms with Crippen molar-refractivity contribution >= 4 is 35.2 Å². The van der Waals surface area contributed by atoms with Crippen LogP contribution in [0.3, 0.4) is 0 Å². The smallest absolute Gasteiger partial charge is 0.242 e. The van der Waals surface area contributed by atoms with E-state index < -0.39 is 6.04 Å². The predicted molar refractivity (Wildman–Crippen MR) is 121 cm³/mol. The first-order valence-corrected chi connectivity index (χ1v) is 11.4. The van der Waals surface area contributed by atoms with Crippen LogP contribution in [0, 0.1) is 0 Å². The van der Waals surface area contributed by atoms with E-state index >= 15 is 0 Å². The van der Waals surface area contributed by atoms with Gasteiger partial charge in [-0.15, -0.1) is 11.8 Å². The Bertz CT molecular complexity index is 768. The van der Waals surface area contributed by atoms with Gasteiger partial charge in [-0.2, -0.15) is 0 Å². The number of benzene rings is 2. The summed E-state index contributed by atoms with van der Waals surface area (Å²) in [5.41, 5.74) is 0.951. The second-order valence-corrected chi connectivity index (χ2v) is 8.48. The molecule has 2 rings (SSSR count). The standard InChI is InChI=1S/C23H29ClN2O2S/c1-3-4-15-25-23(28)18(2)26(17-19-10-12-20(24)13-11-19)22(27)14-16-29-21-8-6-5-7-9-21/h5-13,18H,3-4,14-17H2,1-2H3,(H,25,28)/t18-/m0/s1. The second kappa shape index (κ2) is 12.6. The summed E-state index contributed by atoms with van der Waals surface area (Å²) in [5.74, 6) is 0.530. The fourth-order valence-electron chi connectivity index (χ4n) is 2.82. The molecule has 0 aliphatic heterocycles. The Morgan fingerprint density at radius 1 is 1.10 bits per heavy atom. The van der Waals surface area contributed by atoms with Crippen LogP contribution in [0.4, 0.5) is 0 Å². The number of unbranched alkanes of at least 4 members (excludes halogenated alkanes) is 1. The van der Waals surface area contributed by atoms with Crippen molar-refractivity contribution in [2.75, 3.05) is 12.3 Å². The largest absolute Gasteiger partial charge is 0.354 e. The molecule has 2 amide bonds. The molecule has 29 heavy (non-hydrogen) atoms. The number of amides is 2. The first-order chi connectivity index (χ1) is 14.0. The van der Waals surface area contributed by atoms with Gasteiger partial charge in [0.05, 0.1) is 0 Å². The molecule has 156 valence electrons. The highest BCUT2D eigenvalue weighted by Gasteiger charge is 2.25. The molecule has 0 saturated heterocycles. The minimum absolute atomic E-state index is 0.0264. The topological polar surface area (TPSA) is 49.4 Å². The van der Waals surface area contributed by atoms with Crippen molar-refractivity contribution in [2.45, 2.75) is 50.6 Å². The van der Waals surface area contributed by atoms with E-state index in [-0.39, 0.29) is 11.8 Å². The van der Waals surface area contributed by atoms with Crippen LogP contribution in [0.2, 0.25) is 5.02 Å². The van der Waals surface area contributed by atoms with Crippen molar-refractivity contribution in [3.8, 4) is 0 Å². The molecule has 1 atom stereocenters. The Morgan fingerprint density at radius 3 is 2.45 bits per heavy atom. The Hall–Kier alpha value is -1.98. The third kappa shape index (κ3) is 8.11. The lowest BCUT2D eigenvalue weighted by Gasteiger charge is -2.29. The van der Waals surface area contributed by atoms with Crippen LogP contribution in [0.15, 0.2) is 59.5 Å². The van der Waals surface area contributed by atoms with E-state index in [0.717, 1.165) is 23.3 Å². The number of hydrogen-bond donors (Lipinski definition) is 1. The van der Waals surface area contributed by atoms with Crippen molar-refractivity contribution in [1.29, 1.82) is 0 Å². The molecule has 0 radical (unpaired) electrons. The Labute approximate surface area is 183 Å². The minimum Gasteiger partial charge on any atom is -0.354 e. The third-order valence-corrected chi connectivity index (χ3v) is 5.86. The van der Waals surface area contributed by atoms with E-state index in [1.807, 2.05) is 42.5 Å². The lowest BCUT2D eigenvalue weighted by molar-refractivity contribution is -0.140. The number of hydrogen-bond acceptors (Lipinski definition) is 3. The van der Waals surface area contributed by atoms with Crippen LogP contribution in [0.1, 0.15) is 38.7 Å². The summed E-state index contributed by atoms with van der Waals surface area (Å²) in [7, 11) is 0. The molecular formula is C23H29ClN2O2S. The normalized spacial score (nSPS) is 11.7. The van der Waals surface area contributed by atoms with Gasteiger partial charge in [-0.3, -0.25) is 9.59 Å². The lowest BCUT2D eigenvalue weighted by atomic mass is 10.1. The molecule has 4 nitrogen and oxygen atoms in total. The zero-order chi connectivity index (χ0) is 21.1. The molecule has 0 saturated carbocycles. The SMILES string of the molecule is CCCCNC(=O)[C@H](C)N(Cc1ccc(Cl)cc1)C(=O)CCSc1ccccc1. The number of halogens is 1. The molecule has 0 fully saturated rings. The maximum atomic E-state index is 13.0. The van der Waals surface area contributed by atoms with Gasteiger partial charge in [-0.05, 0) is 43.2 Å². The van der Waals surface area contributed by atoms with Crippen molar-refractivity contribution in [1.82, 2.24) is 10.2 Å². The van der Waals surface area contributed by atoms with E-state index in [1.54, 1.807) is 35.7 Å². The van der Waals surface area contributed by atoms with Gasteiger partial charge in [0.25, 0.3) is 0 Å². The van der Waals surface area contributed by atoms with Crippen LogP contribution in [0.5, 0.6) is 0 Å². The minimum atomic E-state index is -0.531. The van der Waals surface area contributed by atoms with E-state index in [0.29, 0.717) is 30.3 Å². The first-order valence-electron chi connectivity index (χ1n) is 10.0. The van der Waals surface area contributed by atoms with Gasteiger partial charge in [-0.25, -0.2) is 0 Å². The summed E-state index contributed by atoms with van der Waals surface area (Å²) in [6, 6.07) is 16.9. The lowest BCUT2D eigenvalue weighted by Crippen LogP contribution is -2.47. The number of thioether (sulfide) groups is 1. The highest BCUT2D eigenvalue weighted by Crippen LogP contribution is 2.20. The highest BCUT2D eigenvalue weighted by molar-refractivity contribution is 7.99. The zero-order valence-corrected chi connectivity index (χ0v) is 18.6. The monoisotopic (exact) mass is 432 g/mol. The third-order valence-electron chi connectivity index (χ3n) is 4.59. The summed E-state index contributed by atoms with van der Waals surface area (Å²) in [4.78, 5) is 28.4. The molecule has 0 heterocycles. The van der Waals surface area contributed by atoms with E-state index in [4.69, 9.17) is 11.6 Å². The predicted octanol–water partition coefficient (Wildman–Crippen LogP) is 5.16. The molecule has 0 aromatic heterocycles. The summed E-state index contributed by atoms with van der Waals surface area (Å²) in [6.45, 7) is 4.89. The highest BCUT2D eigenvalue weighted by atomic mass is 35.5. The Kier molecular flexibility index (Phi) is 10.1. The maximum Gasteiger partial charge on any atom is 0.242 e. The van der Waals surface area contributed by atoms with Crippen LogP contribution < -0.4 is 5.32 Å². The molecule has 1 N–H and O–H groups in total. The molecule has 2 aromatic rings. The van der Waals surface area contributed by atoms with Gasteiger partial charge in [0.2, 0.25) is 11.8 Å². The maximum absolute atomic E-state index is 13.0. The molecule has 2 aromatic carbocycles. The van der Waals surface area contributed by atoms with Crippen LogP contribution in [0.25, 0.3) is 0 Å². The average Bonchev–Trinajstić information content (AvgIpc) is 2.73. The van der Waals surface area contributed by atoms with E-state index in [9.17, 15) is 9.59 Å². The van der Waals surface area contributed by atoms with Crippen LogP contribution >= 0.6 is 23.4 Å². The summed E-state index contributed by atoms with van der Waals surface area (Å²) in [6.07, 6.45) is 2.32. The number of nitrogens with one attached hydrogen (secondary N) is 1. The molecular weight excluding hydrogens is 404 g/mol. The van der Waals surface area contributed by atoms with Gasteiger partial charge in [0.1, 0.15) is 6.04 Å². The Morgan fingerprint density at radius 2 is 1.79 bits per heavy atom. The fraction of sp³-hybridized carbons (Fsp3) is 0.391. The number of rotatable bonds is 11. The van der Waals surface area contributed by atoms with Gasteiger partial charge in [-0.1, -0.05) is 55.3 Å². The molecule has 0 aliphatic carbocycles. The van der Waals surface area contributed by atoms with Gasteiger partial charge < -0.3 is 10.2 Å². The number of nitrogens with zero attached hydrogens (tertiary/aromatic N) is 1.